The molecule has 1 aliphatic rings. The quantitative estimate of drug-likeness (QED) is 0.902. The maximum absolute atomic E-state index is 5.97. The fourth-order valence-corrected chi connectivity index (χ4v) is 2.99. The molecule has 0 bridgehead atoms. The van der Waals surface area contributed by atoms with Gasteiger partial charge in [0.1, 0.15) is 0 Å². The standard InChI is InChI=1S/C15H23BrN2/c1-11-6-7-13(8-14(11)16)15(9-17)18(2)10-12-4-3-5-12/h6-8,12,15H,3-5,9-10,17H2,1-2H3. The van der Waals surface area contributed by atoms with Crippen LogP contribution in [0.15, 0.2) is 22.7 Å². The summed E-state index contributed by atoms with van der Waals surface area (Å²) in [5.41, 5.74) is 8.56. The number of hydrogen-bond acceptors (Lipinski definition) is 2. The number of halogens is 1. The highest BCUT2D eigenvalue weighted by Crippen LogP contribution is 2.30. The van der Waals surface area contributed by atoms with Crippen LogP contribution >= 0.6 is 15.9 Å². The Hall–Kier alpha value is -0.380. The van der Waals surface area contributed by atoms with Gasteiger partial charge in [0.05, 0.1) is 0 Å². The zero-order valence-electron chi connectivity index (χ0n) is 11.3. The minimum Gasteiger partial charge on any atom is -0.329 e. The van der Waals surface area contributed by atoms with Crippen LogP contribution in [0.2, 0.25) is 0 Å². The summed E-state index contributed by atoms with van der Waals surface area (Å²) in [6.07, 6.45) is 4.18. The van der Waals surface area contributed by atoms with E-state index in [2.05, 4.69) is 53.0 Å². The molecule has 18 heavy (non-hydrogen) atoms. The van der Waals surface area contributed by atoms with Crippen molar-refractivity contribution in [3.8, 4) is 0 Å². The predicted octanol–water partition coefficient (Wildman–Crippen LogP) is 3.49. The number of benzene rings is 1. The highest BCUT2D eigenvalue weighted by Gasteiger charge is 2.23. The topological polar surface area (TPSA) is 29.3 Å². The van der Waals surface area contributed by atoms with Crippen molar-refractivity contribution in [3.63, 3.8) is 0 Å². The zero-order chi connectivity index (χ0) is 13.1. The lowest BCUT2D eigenvalue weighted by Gasteiger charge is -2.34. The molecule has 0 aromatic heterocycles. The Morgan fingerprint density at radius 3 is 2.67 bits per heavy atom. The Morgan fingerprint density at radius 2 is 2.17 bits per heavy atom. The SMILES string of the molecule is Cc1ccc(C(CN)N(C)CC2CCC2)cc1Br. The molecule has 0 radical (unpaired) electrons. The van der Waals surface area contributed by atoms with Crippen molar-refractivity contribution < 1.29 is 0 Å². The third-order valence-corrected chi connectivity index (χ3v) is 4.96. The van der Waals surface area contributed by atoms with Crippen LogP contribution in [0.25, 0.3) is 0 Å². The zero-order valence-corrected chi connectivity index (χ0v) is 12.9. The van der Waals surface area contributed by atoms with Gasteiger partial charge < -0.3 is 5.73 Å². The molecule has 0 spiro atoms. The summed E-state index contributed by atoms with van der Waals surface area (Å²) in [5, 5.41) is 0. The smallest absolute Gasteiger partial charge is 0.0467 e. The second-order valence-electron chi connectivity index (χ2n) is 5.50. The van der Waals surface area contributed by atoms with E-state index in [1.165, 1.54) is 41.4 Å². The molecule has 2 nitrogen and oxygen atoms in total. The van der Waals surface area contributed by atoms with Crippen molar-refractivity contribution >= 4 is 15.9 Å². The van der Waals surface area contributed by atoms with Crippen molar-refractivity contribution in [1.29, 1.82) is 0 Å². The molecular formula is C15H23BrN2. The second-order valence-corrected chi connectivity index (χ2v) is 6.35. The molecule has 0 amide bonds. The van der Waals surface area contributed by atoms with Gasteiger partial charge in [-0.3, -0.25) is 4.90 Å². The average molecular weight is 311 g/mol. The number of nitrogens with zero attached hydrogens (tertiary/aromatic N) is 1. The third kappa shape index (κ3) is 3.14. The Bertz CT molecular complexity index is 401. The summed E-state index contributed by atoms with van der Waals surface area (Å²) in [6.45, 7) is 3.97. The summed E-state index contributed by atoms with van der Waals surface area (Å²) in [7, 11) is 2.20. The van der Waals surface area contributed by atoms with Crippen LogP contribution < -0.4 is 5.73 Å². The Labute approximate surface area is 119 Å². The van der Waals surface area contributed by atoms with E-state index in [0.29, 0.717) is 12.6 Å². The molecule has 1 aromatic rings. The average Bonchev–Trinajstić information content (AvgIpc) is 2.29. The van der Waals surface area contributed by atoms with Crippen LogP contribution in [-0.4, -0.2) is 25.0 Å². The van der Waals surface area contributed by atoms with Crippen molar-refractivity contribution in [2.75, 3.05) is 20.1 Å². The van der Waals surface area contributed by atoms with E-state index in [1.807, 2.05) is 0 Å². The fourth-order valence-electron chi connectivity index (χ4n) is 2.60. The summed E-state index contributed by atoms with van der Waals surface area (Å²) in [6, 6.07) is 6.92. The molecule has 1 atom stereocenters. The van der Waals surface area contributed by atoms with E-state index >= 15 is 0 Å². The van der Waals surface area contributed by atoms with E-state index in [-0.39, 0.29) is 0 Å². The van der Waals surface area contributed by atoms with Gasteiger partial charge in [-0.25, -0.2) is 0 Å². The van der Waals surface area contributed by atoms with Gasteiger partial charge in [-0.2, -0.15) is 0 Å². The van der Waals surface area contributed by atoms with E-state index in [4.69, 9.17) is 5.73 Å². The van der Waals surface area contributed by atoms with E-state index in [9.17, 15) is 0 Å². The van der Waals surface area contributed by atoms with Crippen LogP contribution in [0, 0.1) is 12.8 Å². The van der Waals surface area contributed by atoms with Gasteiger partial charge in [0.25, 0.3) is 0 Å². The summed E-state index contributed by atoms with van der Waals surface area (Å²) < 4.78 is 1.18. The predicted molar refractivity (Wildman–Crippen MR) is 80.6 cm³/mol. The molecule has 2 rings (SSSR count). The molecule has 0 aliphatic heterocycles. The summed E-state index contributed by atoms with van der Waals surface area (Å²) in [5.74, 6) is 0.887. The van der Waals surface area contributed by atoms with Crippen LogP contribution in [-0.2, 0) is 0 Å². The van der Waals surface area contributed by atoms with Crippen molar-refractivity contribution in [2.45, 2.75) is 32.2 Å². The van der Waals surface area contributed by atoms with Gasteiger partial charge in [0, 0.05) is 23.6 Å². The maximum Gasteiger partial charge on any atom is 0.0467 e. The third-order valence-electron chi connectivity index (χ3n) is 4.11. The number of nitrogens with two attached hydrogens (primary N) is 1. The number of rotatable bonds is 5. The van der Waals surface area contributed by atoms with E-state index in [1.54, 1.807) is 0 Å². The van der Waals surface area contributed by atoms with Crippen LogP contribution in [0.1, 0.15) is 36.4 Å². The van der Waals surface area contributed by atoms with Crippen LogP contribution in [0.3, 0.4) is 0 Å². The molecular weight excluding hydrogens is 288 g/mol. The van der Waals surface area contributed by atoms with Crippen LogP contribution in [0.5, 0.6) is 0 Å². The molecule has 1 aromatic carbocycles. The first-order chi connectivity index (χ1) is 8.61. The molecule has 1 saturated carbocycles. The first-order valence-electron chi connectivity index (χ1n) is 6.78. The van der Waals surface area contributed by atoms with Gasteiger partial charge in [0.15, 0.2) is 0 Å². The number of likely N-dealkylation sites (N-methyl/N-ethyl adjacent to an activating group) is 1. The van der Waals surface area contributed by atoms with Crippen molar-refractivity contribution in [3.05, 3.63) is 33.8 Å². The Kier molecular flexibility index (Phi) is 4.82. The molecule has 3 heteroatoms. The number of hydrogen-bond donors (Lipinski definition) is 1. The molecule has 1 fully saturated rings. The van der Waals surface area contributed by atoms with E-state index < -0.39 is 0 Å². The molecule has 0 saturated heterocycles. The minimum atomic E-state index is 0.336. The van der Waals surface area contributed by atoms with Crippen molar-refractivity contribution in [1.82, 2.24) is 4.90 Å². The first kappa shape index (κ1) is 14.0. The highest BCUT2D eigenvalue weighted by molar-refractivity contribution is 9.10. The Morgan fingerprint density at radius 1 is 1.44 bits per heavy atom. The maximum atomic E-state index is 5.97. The molecule has 100 valence electrons. The largest absolute Gasteiger partial charge is 0.329 e. The lowest BCUT2D eigenvalue weighted by molar-refractivity contribution is 0.165. The summed E-state index contributed by atoms with van der Waals surface area (Å²) in [4.78, 5) is 2.42. The molecule has 0 heterocycles. The second kappa shape index (κ2) is 6.18. The number of aryl methyl sites for hydroxylation is 1. The summed E-state index contributed by atoms with van der Waals surface area (Å²) >= 11 is 3.61. The molecule has 1 unspecified atom stereocenters. The first-order valence-corrected chi connectivity index (χ1v) is 7.57. The normalized spacial score (nSPS) is 17.8. The fraction of sp³-hybridized carbons (Fsp3) is 0.600. The molecule has 2 N–H and O–H groups in total. The van der Waals surface area contributed by atoms with E-state index in [0.717, 1.165) is 5.92 Å². The lowest BCUT2D eigenvalue weighted by Crippen LogP contribution is -2.36. The van der Waals surface area contributed by atoms with Crippen molar-refractivity contribution in [2.24, 2.45) is 11.7 Å². The van der Waals surface area contributed by atoms with Gasteiger partial charge in [0.2, 0.25) is 0 Å². The Balaban J connectivity index is 2.08. The molecule has 1 aliphatic carbocycles. The minimum absolute atomic E-state index is 0.336. The van der Waals surface area contributed by atoms with Gasteiger partial charge >= 0.3 is 0 Å². The van der Waals surface area contributed by atoms with Gasteiger partial charge in [-0.15, -0.1) is 0 Å². The highest BCUT2D eigenvalue weighted by atomic mass is 79.9. The van der Waals surface area contributed by atoms with Gasteiger partial charge in [-0.1, -0.05) is 34.5 Å². The van der Waals surface area contributed by atoms with Gasteiger partial charge in [-0.05, 0) is 49.9 Å². The monoisotopic (exact) mass is 310 g/mol. The van der Waals surface area contributed by atoms with Crippen LogP contribution in [0.4, 0.5) is 0 Å². The lowest BCUT2D eigenvalue weighted by atomic mass is 9.84.